The first kappa shape index (κ1) is 13.1. The number of rotatable bonds is 3. The van der Waals surface area contributed by atoms with Gasteiger partial charge in [0.05, 0.1) is 6.10 Å². The third-order valence-corrected chi connectivity index (χ3v) is 3.43. The van der Waals surface area contributed by atoms with Crippen LogP contribution >= 0.6 is 0 Å². The minimum atomic E-state index is -0.618. The standard InChI is InChI=1S/C14H20N2O2/c1-2-14(18)16-7-3-4-10-8-11(13(17)9-15)5-6-12(10)16/h5-6,8,13,17H,2-4,7,9,15H2,1H3. The Morgan fingerprint density at radius 2 is 2.33 bits per heavy atom. The Bertz CT molecular complexity index is 445. The fraction of sp³-hybridized carbons (Fsp3) is 0.500. The molecule has 98 valence electrons. The van der Waals surface area contributed by atoms with Crippen LogP contribution in [0.15, 0.2) is 18.2 Å². The average molecular weight is 248 g/mol. The highest BCUT2D eigenvalue weighted by molar-refractivity contribution is 5.94. The van der Waals surface area contributed by atoms with Crippen molar-refractivity contribution in [1.82, 2.24) is 0 Å². The summed E-state index contributed by atoms with van der Waals surface area (Å²) in [6.07, 6.45) is 1.83. The first-order valence-electron chi connectivity index (χ1n) is 6.48. The van der Waals surface area contributed by atoms with Crippen molar-refractivity contribution in [3.8, 4) is 0 Å². The van der Waals surface area contributed by atoms with E-state index in [1.54, 1.807) is 0 Å². The molecule has 1 aliphatic heterocycles. The van der Waals surface area contributed by atoms with Crippen molar-refractivity contribution in [3.05, 3.63) is 29.3 Å². The van der Waals surface area contributed by atoms with Gasteiger partial charge in [-0.25, -0.2) is 0 Å². The van der Waals surface area contributed by atoms with Gasteiger partial charge in [0.25, 0.3) is 0 Å². The average Bonchev–Trinajstić information content (AvgIpc) is 2.44. The Balaban J connectivity index is 2.33. The molecule has 4 nitrogen and oxygen atoms in total. The highest BCUT2D eigenvalue weighted by Crippen LogP contribution is 2.30. The second-order valence-corrected chi connectivity index (χ2v) is 4.64. The zero-order valence-corrected chi connectivity index (χ0v) is 10.7. The summed E-state index contributed by atoms with van der Waals surface area (Å²) in [5.74, 6) is 0.156. The topological polar surface area (TPSA) is 66.6 Å². The Kier molecular flexibility index (Phi) is 3.99. The predicted molar refractivity (Wildman–Crippen MR) is 71.4 cm³/mol. The molecular weight excluding hydrogens is 228 g/mol. The second kappa shape index (κ2) is 5.50. The highest BCUT2D eigenvalue weighted by Gasteiger charge is 2.22. The van der Waals surface area contributed by atoms with E-state index >= 15 is 0 Å². The van der Waals surface area contributed by atoms with Gasteiger partial charge in [-0.3, -0.25) is 4.79 Å². The number of aliphatic hydroxyl groups is 1. The zero-order valence-electron chi connectivity index (χ0n) is 10.7. The van der Waals surface area contributed by atoms with Gasteiger partial charge in [0.1, 0.15) is 0 Å². The van der Waals surface area contributed by atoms with Gasteiger partial charge in [-0.15, -0.1) is 0 Å². The van der Waals surface area contributed by atoms with Crippen LogP contribution in [0.25, 0.3) is 0 Å². The molecule has 18 heavy (non-hydrogen) atoms. The number of carbonyl (C=O) groups is 1. The molecule has 1 aromatic rings. The summed E-state index contributed by atoms with van der Waals surface area (Å²) in [7, 11) is 0. The van der Waals surface area contributed by atoms with Crippen LogP contribution in [0.4, 0.5) is 5.69 Å². The Labute approximate surface area is 107 Å². The van der Waals surface area contributed by atoms with Crippen LogP contribution in [0.3, 0.4) is 0 Å². The van der Waals surface area contributed by atoms with E-state index in [9.17, 15) is 9.90 Å². The lowest BCUT2D eigenvalue weighted by atomic mass is 9.97. The summed E-state index contributed by atoms with van der Waals surface area (Å²) >= 11 is 0. The van der Waals surface area contributed by atoms with Crippen LogP contribution in [0.5, 0.6) is 0 Å². The Morgan fingerprint density at radius 3 is 3.00 bits per heavy atom. The van der Waals surface area contributed by atoms with Gasteiger partial charge >= 0.3 is 0 Å². The van der Waals surface area contributed by atoms with Gasteiger partial charge in [-0.2, -0.15) is 0 Å². The summed E-state index contributed by atoms with van der Waals surface area (Å²) in [5, 5.41) is 9.75. The molecule has 2 rings (SSSR count). The van der Waals surface area contributed by atoms with Gasteiger partial charge < -0.3 is 15.7 Å². The number of hydrogen-bond donors (Lipinski definition) is 2. The molecule has 0 fully saturated rings. The van der Waals surface area contributed by atoms with E-state index < -0.39 is 6.10 Å². The van der Waals surface area contributed by atoms with Crippen molar-refractivity contribution in [2.45, 2.75) is 32.3 Å². The first-order chi connectivity index (χ1) is 8.67. The fourth-order valence-corrected chi connectivity index (χ4v) is 2.41. The number of benzene rings is 1. The number of aliphatic hydroxyl groups excluding tert-OH is 1. The van der Waals surface area contributed by atoms with E-state index in [4.69, 9.17) is 5.73 Å². The van der Waals surface area contributed by atoms with E-state index in [-0.39, 0.29) is 12.5 Å². The Hall–Kier alpha value is -1.39. The lowest BCUT2D eigenvalue weighted by Gasteiger charge is -2.30. The minimum Gasteiger partial charge on any atom is -0.387 e. The number of carbonyl (C=O) groups excluding carboxylic acids is 1. The maximum atomic E-state index is 11.9. The van der Waals surface area contributed by atoms with E-state index in [1.807, 2.05) is 30.0 Å². The first-order valence-corrected chi connectivity index (χ1v) is 6.48. The molecule has 1 unspecified atom stereocenters. The molecular formula is C14H20N2O2. The van der Waals surface area contributed by atoms with Gasteiger partial charge in [-0.05, 0) is 30.0 Å². The molecule has 1 aromatic carbocycles. The van der Waals surface area contributed by atoms with Gasteiger partial charge in [0.2, 0.25) is 5.91 Å². The molecule has 1 amide bonds. The molecule has 0 aliphatic carbocycles. The van der Waals surface area contributed by atoms with Gasteiger partial charge in [0.15, 0.2) is 0 Å². The lowest BCUT2D eigenvalue weighted by Crippen LogP contribution is -2.35. The van der Waals surface area contributed by atoms with Crippen molar-refractivity contribution in [3.63, 3.8) is 0 Å². The number of aryl methyl sites for hydroxylation is 1. The maximum Gasteiger partial charge on any atom is 0.226 e. The number of fused-ring (bicyclic) bond motifs is 1. The molecule has 1 heterocycles. The molecule has 0 spiro atoms. The van der Waals surface area contributed by atoms with E-state index in [2.05, 4.69) is 0 Å². The molecule has 0 aromatic heterocycles. The van der Waals surface area contributed by atoms with Crippen molar-refractivity contribution >= 4 is 11.6 Å². The van der Waals surface area contributed by atoms with Crippen LogP contribution in [-0.2, 0) is 11.2 Å². The van der Waals surface area contributed by atoms with E-state index in [0.717, 1.165) is 36.2 Å². The number of hydrogen-bond acceptors (Lipinski definition) is 3. The number of nitrogens with two attached hydrogens (primary N) is 1. The highest BCUT2D eigenvalue weighted by atomic mass is 16.3. The normalized spacial score (nSPS) is 16.3. The van der Waals surface area contributed by atoms with Crippen molar-refractivity contribution in [2.75, 3.05) is 18.0 Å². The number of anilines is 1. The van der Waals surface area contributed by atoms with Crippen molar-refractivity contribution in [1.29, 1.82) is 0 Å². The van der Waals surface area contributed by atoms with Crippen LogP contribution in [0.1, 0.15) is 37.0 Å². The summed E-state index contributed by atoms with van der Waals surface area (Å²) in [4.78, 5) is 13.7. The summed E-state index contributed by atoms with van der Waals surface area (Å²) in [6, 6.07) is 5.76. The molecule has 0 bridgehead atoms. The van der Waals surface area contributed by atoms with E-state index in [0.29, 0.717) is 6.42 Å². The number of nitrogens with zero attached hydrogens (tertiary/aromatic N) is 1. The van der Waals surface area contributed by atoms with Gasteiger partial charge in [0, 0.05) is 25.2 Å². The molecule has 0 saturated heterocycles. The fourth-order valence-electron chi connectivity index (χ4n) is 2.41. The molecule has 4 heteroatoms. The second-order valence-electron chi connectivity index (χ2n) is 4.64. The molecule has 3 N–H and O–H groups in total. The smallest absolute Gasteiger partial charge is 0.226 e. The third-order valence-electron chi connectivity index (χ3n) is 3.43. The Morgan fingerprint density at radius 1 is 1.56 bits per heavy atom. The van der Waals surface area contributed by atoms with Crippen LogP contribution in [0.2, 0.25) is 0 Å². The van der Waals surface area contributed by atoms with E-state index in [1.165, 1.54) is 0 Å². The zero-order chi connectivity index (χ0) is 13.1. The monoisotopic (exact) mass is 248 g/mol. The quantitative estimate of drug-likeness (QED) is 0.849. The number of amides is 1. The SMILES string of the molecule is CCC(=O)N1CCCc2cc(C(O)CN)ccc21. The summed E-state index contributed by atoms with van der Waals surface area (Å²) < 4.78 is 0. The summed E-state index contributed by atoms with van der Waals surface area (Å²) in [6.45, 7) is 2.89. The van der Waals surface area contributed by atoms with Gasteiger partial charge in [-0.1, -0.05) is 19.1 Å². The largest absolute Gasteiger partial charge is 0.387 e. The van der Waals surface area contributed by atoms with Crippen molar-refractivity contribution in [2.24, 2.45) is 5.73 Å². The molecule has 1 atom stereocenters. The molecule has 1 aliphatic rings. The van der Waals surface area contributed by atoms with Crippen LogP contribution in [-0.4, -0.2) is 24.1 Å². The van der Waals surface area contributed by atoms with Crippen molar-refractivity contribution < 1.29 is 9.90 Å². The molecule has 0 saturated carbocycles. The van der Waals surface area contributed by atoms with Crippen LogP contribution < -0.4 is 10.6 Å². The lowest BCUT2D eigenvalue weighted by molar-refractivity contribution is -0.118. The minimum absolute atomic E-state index is 0.156. The maximum absolute atomic E-state index is 11.9. The van der Waals surface area contributed by atoms with Crippen LogP contribution in [0, 0.1) is 0 Å². The summed E-state index contributed by atoms with van der Waals surface area (Å²) in [5.41, 5.74) is 8.42. The molecule has 0 radical (unpaired) electrons. The predicted octanol–water partition coefficient (Wildman–Crippen LogP) is 1.37. The third kappa shape index (κ3) is 2.40.